The maximum absolute atomic E-state index is 9.17. The second kappa shape index (κ2) is 4.69. The van der Waals surface area contributed by atoms with Gasteiger partial charge in [0.05, 0.1) is 6.07 Å². The van der Waals surface area contributed by atoms with Crippen molar-refractivity contribution >= 4 is 11.8 Å². The van der Waals surface area contributed by atoms with Gasteiger partial charge in [-0.3, -0.25) is 5.32 Å². The minimum absolute atomic E-state index is 0.291. The summed E-state index contributed by atoms with van der Waals surface area (Å²) in [6, 6.07) is 12.6. The summed E-state index contributed by atoms with van der Waals surface area (Å²) in [6.45, 7) is 0.787. The normalized spacial score (nSPS) is 25.0. The summed E-state index contributed by atoms with van der Waals surface area (Å²) in [6.07, 6.45) is 0.959. The lowest BCUT2D eigenvalue weighted by Gasteiger charge is -2.21. The van der Waals surface area contributed by atoms with Crippen LogP contribution in [-0.2, 0) is 6.54 Å². The third-order valence-electron chi connectivity index (χ3n) is 2.71. The van der Waals surface area contributed by atoms with Crippen molar-refractivity contribution in [3.05, 3.63) is 35.9 Å². The number of nitrogens with zero attached hydrogens (tertiary/aromatic N) is 1. The molecule has 1 aliphatic rings. The van der Waals surface area contributed by atoms with E-state index in [9.17, 15) is 0 Å². The lowest BCUT2D eigenvalue weighted by Crippen LogP contribution is -2.43. The number of hydrogen-bond donors (Lipinski definition) is 1. The topological polar surface area (TPSA) is 35.8 Å². The summed E-state index contributed by atoms with van der Waals surface area (Å²) in [5.74, 6) is 2.01. The molecule has 1 fully saturated rings. The first-order valence-electron chi connectivity index (χ1n) is 5.13. The van der Waals surface area contributed by atoms with Crippen molar-refractivity contribution in [2.24, 2.45) is 0 Å². The third kappa shape index (κ3) is 2.53. The Morgan fingerprint density at radius 1 is 1.40 bits per heavy atom. The molecule has 1 aliphatic heterocycles. The van der Waals surface area contributed by atoms with Gasteiger partial charge in [0.25, 0.3) is 0 Å². The molecule has 0 amide bonds. The van der Waals surface area contributed by atoms with Crippen LogP contribution in [0, 0.1) is 11.3 Å². The van der Waals surface area contributed by atoms with Gasteiger partial charge in [-0.05, 0) is 17.7 Å². The molecule has 0 saturated carbocycles. The fourth-order valence-corrected chi connectivity index (χ4v) is 3.00. The number of thioether (sulfide) groups is 1. The van der Waals surface area contributed by atoms with Crippen LogP contribution in [0.1, 0.15) is 12.0 Å². The Morgan fingerprint density at radius 3 is 2.80 bits per heavy atom. The van der Waals surface area contributed by atoms with E-state index in [0.717, 1.165) is 24.5 Å². The molecular formula is C12H14N2S. The second-order valence-electron chi connectivity index (χ2n) is 3.84. The fourth-order valence-electron chi connectivity index (χ4n) is 1.70. The molecule has 0 radical (unpaired) electrons. The molecule has 78 valence electrons. The van der Waals surface area contributed by atoms with Gasteiger partial charge in [-0.15, -0.1) is 0 Å². The van der Waals surface area contributed by atoms with Crippen LogP contribution in [0.25, 0.3) is 0 Å². The van der Waals surface area contributed by atoms with Crippen LogP contribution in [0.4, 0.5) is 0 Å². The van der Waals surface area contributed by atoms with Crippen molar-refractivity contribution < 1.29 is 0 Å². The smallest absolute Gasteiger partial charge is 0.116 e. The van der Waals surface area contributed by atoms with Crippen LogP contribution >= 0.6 is 11.8 Å². The molecule has 0 bridgehead atoms. The molecule has 1 heterocycles. The lowest BCUT2D eigenvalue weighted by atomic mass is 10.0. The van der Waals surface area contributed by atoms with Gasteiger partial charge in [-0.2, -0.15) is 17.0 Å². The summed E-state index contributed by atoms with van der Waals surface area (Å²) in [5.41, 5.74) is 0.949. The Labute approximate surface area is 94.7 Å². The van der Waals surface area contributed by atoms with E-state index in [1.54, 1.807) is 0 Å². The summed E-state index contributed by atoms with van der Waals surface area (Å²) in [7, 11) is 0. The van der Waals surface area contributed by atoms with Crippen LogP contribution in [0.2, 0.25) is 0 Å². The predicted molar refractivity (Wildman–Crippen MR) is 63.6 cm³/mol. The monoisotopic (exact) mass is 218 g/mol. The Bertz CT molecular complexity index is 350. The minimum Gasteiger partial charge on any atom is -0.295 e. The highest BCUT2D eigenvalue weighted by Crippen LogP contribution is 2.27. The van der Waals surface area contributed by atoms with Gasteiger partial charge < -0.3 is 0 Å². The number of rotatable bonds is 3. The molecule has 1 aromatic rings. The van der Waals surface area contributed by atoms with Crippen LogP contribution < -0.4 is 5.32 Å². The van der Waals surface area contributed by atoms with Gasteiger partial charge >= 0.3 is 0 Å². The Balaban J connectivity index is 1.95. The van der Waals surface area contributed by atoms with E-state index in [0.29, 0.717) is 0 Å². The largest absolute Gasteiger partial charge is 0.295 e. The molecule has 1 unspecified atom stereocenters. The average Bonchev–Trinajstić information content (AvgIpc) is 2.77. The molecule has 1 N–H and O–H groups in total. The Kier molecular flexibility index (Phi) is 3.30. The highest BCUT2D eigenvalue weighted by molar-refractivity contribution is 7.99. The molecular weight excluding hydrogens is 204 g/mol. The van der Waals surface area contributed by atoms with Crippen molar-refractivity contribution in [1.82, 2.24) is 5.32 Å². The molecule has 0 aliphatic carbocycles. The third-order valence-corrected chi connectivity index (χ3v) is 3.90. The molecule has 1 saturated heterocycles. The van der Waals surface area contributed by atoms with Gasteiger partial charge in [-0.25, -0.2) is 0 Å². The van der Waals surface area contributed by atoms with Gasteiger partial charge in [-0.1, -0.05) is 30.3 Å². The van der Waals surface area contributed by atoms with Gasteiger partial charge in [0.15, 0.2) is 0 Å². The van der Waals surface area contributed by atoms with Crippen molar-refractivity contribution in [2.45, 2.75) is 18.5 Å². The van der Waals surface area contributed by atoms with E-state index in [2.05, 4.69) is 23.5 Å². The maximum Gasteiger partial charge on any atom is 0.116 e. The Morgan fingerprint density at radius 2 is 2.20 bits per heavy atom. The number of hydrogen-bond acceptors (Lipinski definition) is 3. The average molecular weight is 218 g/mol. The zero-order valence-electron chi connectivity index (χ0n) is 8.57. The highest BCUT2D eigenvalue weighted by atomic mass is 32.2. The first kappa shape index (κ1) is 10.5. The van der Waals surface area contributed by atoms with Crippen LogP contribution in [0.5, 0.6) is 0 Å². The molecule has 1 atom stereocenters. The summed E-state index contributed by atoms with van der Waals surface area (Å²) >= 11 is 1.86. The van der Waals surface area contributed by atoms with Gasteiger partial charge in [0.2, 0.25) is 0 Å². The molecule has 0 spiro atoms. The van der Waals surface area contributed by atoms with Crippen LogP contribution in [-0.4, -0.2) is 17.0 Å². The van der Waals surface area contributed by atoms with Gasteiger partial charge in [0, 0.05) is 12.3 Å². The minimum atomic E-state index is -0.291. The first-order chi connectivity index (χ1) is 7.35. The Hall–Kier alpha value is -0.980. The van der Waals surface area contributed by atoms with E-state index in [-0.39, 0.29) is 5.54 Å². The number of benzene rings is 1. The van der Waals surface area contributed by atoms with Crippen molar-refractivity contribution in [1.29, 1.82) is 5.26 Å². The lowest BCUT2D eigenvalue weighted by molar-refractivity contribution is 0.456. The van der Waals surface area contributed by atoms with E-state index in [1.807, 2.05) is 30.0 Å². The van der Waals surface area contributed by atoms with Crippen molar-refractivity contribution in [3.8, 4) is 6.07 Å². The number of nitrogens with one attached hydrogen (secondary N) is 1. The summed E-state index contributed by atoms with van der Waals surface area (Å²) in [4.78, 5) is 0. The molecule has 2 nitrogen and oxygen atoms in total. The van der Waals surface area contributed by atoms with Crippen LogP contribution in [0.3, 0.4) is 0 Å². The van der Waals surface area contributed by atoms with Gasteiger partial charge in [0.1, 0.15) is 5.54 Å². The number of nitriles is 1. The standard InChI is InChI=1S/C12H14N2S/c13-9-12(6-7-15-10-12)14-8-11-4-2-1-3-5-11/h1-5,14H,6-8,10H2. The zero-order valence-corrected chi connectivity index (χ0v) is 9.39. The molecule has 3 heteroatoms. The van der Waals surface area contributed by atoms with E-state index in [4.69, 9.17) is 5.26 Å². The summed E-state index contributed by atoms with van der Waals surface area (Å²) in [5, 5.41) is 12.5. The van der Waals surface area contributed by atoms with Crippen molar-refractivity contribution in [2.75, 3.05) is 11.5 Å². The second-order valence-corrected chi connectivity index (χ2v) is 4.94. The summed E-state index contributed by atoms with van der Waals surface area (Å²) < 4.78 is 0. The molecule has 2 rings (SSSR count). The molecule has 0 aromatic heterocycles. The highest BCUT2D eigenvalue weighted by Gasteiger charge is 2.33. The van der Waals surface area contributed by atoms with E-state index >= 15 is 0 Å². The van der Waals surface area contributed by atoms with E-state index < -0.39 is 0 Å². The SMILES string of the molecule is N#CC1(NCc2ccccc2)CCSC1. The molecule has 1 aromatic carbocycles. The first-order valence-corrected chi connectivity index (χ1v) is 6.28. The predicted octanol–water partition coefficient (Wildman–Crippen LogP) is 2.18. The van der Waals surface area contributed by atoms with Crippen molar-refractivity contribution in [3.63, 3.8) is 0 Å². The zero-order chi connectivity index (χ0) is 10.6. The fraction of sp³-hybridized carbons (Fsp3) is 0.417. The van der Waals surface area contributed by atoms with E-state index in [1.165, 1.54) is 5.56 Å². The quantitative estimate of drug-likeness (QED) is 0.844. The van der Waals surface area contributed by atoms with Crippen LogP contribution in [0.15, 0.2) is 30.3 Å². The molecule has 15 heavy (non-hydrogen) atoms. The maximum atomic E-state index is 9.17.